The predicted molar refractivity (Wildman–Crippen MR) is 133 cm³/mol. The highest BCUT2D eigenvalue weighted by Crippen LogP contribution is 2.68. The van der Waals surface area contributed by atoms with Crippen molar-refractivity contribution in [3.63, 3.8) is 0 Å². The first-order valence-corrected chi connectivity index (χ1v) is 13.3. The normalized spacial score (nSPS) is 32.6. The number of hydrogen-bond acceptors (Lipinski definition) is 6. The van der Waals surface area contributed by atoms with Gasteiger partial charge in [-0.3, -0.25) is 14.4 Å². The van der Waals surface area contributed by atoms with Gasteiger partial charge in [0.15, 0.2) is 0 Å². The van der Waals surface area contributed by atoms with E-state index >= 15 is 0 Å². The molecule has 7 nitrogen and oxygen atoms in total. The maximum absolute atomic E-state index is 14.1. The number of fused-ring (bicyclic) bond motifs is 1. The quantitative estimate of drug-likeness (QED) is 0.197. The van der Waals surface area contributed by atoms with Crippen LogP contribution < -0.4 is 0 Å². The van der Waals surface area contributed by atoms with Crippen molar-refractivity contribution in [3.05, 3.63) is 25.3 Å². The molecule has 2 amide bonds. The minimum absolute atomic E-state index is 0.000845. The van der Waals surface area contributed by atoms with Crippen LogP contribution in [0.2, 0.25) is 0 Å². The Kier molecular flexibility index (Phi) is 8.06. The molecule has 3 rings (SSSR count). The Morgan fingerprint density at radius 1 is 1.36 bits per heavy atom. The van der Waals surface area contributed by atoms with Crippen molar-refractivity contribution in [1.82, 2.24) is 9.80 Å². The van der Waals surface area contributed by atoms with Gasteiger partial charge < -0.3 is 19.6 Å². The van der Waals surface area contributed by atoms with Crippen molar-refractivity contribution in [2.45, 2.75) is 66.4 Å². The smallest absolute Gasteiger partial charge is 0.310 e. The van der Waals surface area contributed by atoms with Crippen molar-refractivity contribution in [2.24, 2.45) is 11.8 Å². The maximum atomic E-state index is 14.1. The van der Waals surface area contributed by atoms with E-state index in [1.54, 1.807) is 33.7 Å². The molecular formula is C24H35BrN2O5S. The van der Waals surface area contributed by atoms with Gasteiger partial charge >= 0.3 is 5.97 Å². The van der Waals surface area contributed by atoms with Crippen molar-refractivity contribution in [2.75, 3.05) is 26.3 Å². The molecule has 6 atom stereocenters. The number of nitrogens with zero attached hydrogens (tertiary/aromatic N) is 2. The number of amides is 2. The molecule has 0 radical (unpaired) electrons. The fraction of sp³-hybridized carbons (Fsp3) is 0.708. The summed E-state index contributed by atoms with van der Waals surface area (Å²) in [6.07, 6.45) is 4.91. The van der Waals surface area contributed by atoms with E-state index in [1.807, 2.05) is 20.8 Å². The van der Waals surface area contributed by atoms with E-state index in [4.69, 9.17) is 4.74 Å². The van der Waals surface area contributed by atoms with Crippen molar-refractivity contribution in [1.29, 1.82) is 0 Å². The van der Waals surface area contributed by atoms with Gasteiger partial charge in [0.2, 0.25) is 11.8 Å². The summed E-state index contributed by atoms with van der Waals surface area (Å²) in [4.78, 5) is 44.4. The van der Waals surface area contributed by atoms with E-state index in [0.717, 1.165) is 0 Å². The molecule has 0 aliphatic carbocycles. The number of aliphatic hydroxyl groups excluding tert-OH is 1. The van der Waals surface area contributed by atoms with Crippen molar-refractivity contribution in [3.8, 4) is 0 Å². The van der Waals surface area contributed by atoms with Gasteiger partial charge in [0.1, 0.15) is 6.04 Å². The minimum atomic E-state index is -0.713. The summed E-state index contributed by atoms with van der Waals surface area (Å²) in [6, 6.07) is -0.707. The minimum Gasteiger partial charge on any atom is -0.465 e. The van der Waals surface area contributed by atoms with Crippen LogP contribution in [0.1, 0.15) is 40.0 Å². The SMILES string of the molecule is C=CCCOC(=O)[C@H]1[C@H]2C(=O)N(CCCO)C(C(=O)N(CC=C)C(C)(C)C)C23CC(Br)[C@@H]1S3. The first-order valence-electron chi connectivity index (χ1n) is 11.5. The predicted octanol–water partition coefficient (Wildman–Crippen LogP) is 2.77. The van der Waals surface area contributed by atoms with Gasteiger partial charge in [0.05, 0.1) is 23.2 Å². The van der Waals surface area contributed by atoms with Gasteiger partial charge in [-0.15, -0.1) is 24.9 Å². The first-order chi connectivity index (χ1) is 15.5. The molecule has 9 heteroatoms. The number of halogens is 1. The molecule has 3 heterocycles. The second kappa shape index (κ2) is 10.1. The van der Waals surface area contributed by atoms with Crippen LogP contribution in [-0.2, 0) is 19.1 Å². The summed E-state index contributed by atoms with van der Waals surface area (Å²) in [7, 11) is 0. The summed E-state index contributed by atoms with van der Waals surface area (Å²) in [6.45, 7) is 14.1. The number of esters is 1. The maximum Gasteiger partial charge on any atom is 0.310 e. The van der Waals surface area contributed by atoms with Crippen LogP contribution in [-0.4, -0.2) is 85.4 Å². The Morgan fingerprint density at radius 3 is 2.64 bits per heavy atom. The molecule has 1 N–H and O–H groups in total. The van der Waals surface area contributed by atoms with E-state index in [-0.39, 0.29) is 47.6 Å². The number of hydrogen-bond donors (Lipinski definition) is 1. The van der Waals surface area contributed by atoms with E-state index in [9.17, 15) is 19.5 Å². The van der Waals surface area contributed by atoms with Crippen LogP contribution in [0.4, 0.5) is 0 Å². The summed E-state index contributed by atoms with van der Waals surface area (Å²) in [5, 5.41) is 9.32. The Labute approximate surface area is 209 Å². The van der Waals surface area contributed by atoms with E-state index in [0.29, 0.717) is 25.8 Å². The lowest BCUT2D eigenvalue weighted by atomic mass is 9.71. The fourth-order valence-corrected chi connectivity index (χ4v) is 9.06. The highest BCUT2D eigenvalue weighted by atomic mass is 79.9. The number of rotatable bonds is 10. The number of alkyl halides is 1. The molecular weight excluding hydrogens is 508 g/mol. The zero-order valence-electron chi connectivity index (χ0n) is 19.7. The van der Waals surface area contributed by atoms with Crippen LogP contribution in [0.5, 0.6) is 0 Å². The van der Waals surface area contributed by atoms with Gasteiger partial charge in [0, 0.05) is 35.3 Å². The lowest BCUT2D eigenvalue weighted by Gasteiger charge is -2.42. The average molecular weight is 544 g/mol. The number of likely N-dealkylation sites (tertiary alicyclic amines) is 1. The third kappa shape index (κ3) is 4.52. The van der Waals surface area contributed by atoms with Crippen LogP contribution in [0.3, 0.4) is 0 Å². The zero-order valence-corrected chi connectivity index (χ0v) is 22.1. The summed E-state index contributed by atoms with van der Waals surface area (Å²) < 4.78 is 4.80. The van der Waals surface area contributed by atoms with Gasteiger partial charge in [-0.1, -0.05) is 28.1 Å². The Morgan fingerprint density at radius 2 is 2.06 bits per heavy atom. The van der Waals surface area contributed by atoms with Crippen molar-refractivity contribution < 1.29 is 24.2 Å². The molecule has 3 saturated heterocycles. The highest BCUT2D eigenvalue weighted by Gasteiger charge is 2.76. The lowest BCUT2D eigenvalue weighted by molar-refractivity contribution is -0.154. The van der Waals surface area contributed by atoms with Gasteiger partial charge in [-0.05, 0) is 40.0 Å². The molecule has 0 aromatic heterocycles. The fourth-order valence-electron chi connectivity index (χ4n) is 5.47. The van der Waals surface area contributed by atoms with E-state index in [2.05, 4.69) is 29.1 Å². The summed E-state index contributed by atoms with van der Waals surface area (Å²) in [5.74, 6) is -1.93. The van der Waals surface area contributed by atoms with Gasteiger partial charge in [-0.25, -0.2) is 0 Å². The number of aliphatic hydroxyl groups is 1. The summed E-state index contributed by atoms with van der Waals surface area (Å²) in [5.41, 5.74) is -0.468. The Balaban J connectivity index is 2.03. The average Bonchev–Trinajstić information content (AvgIpc) is 3.32. The molecule has 0 aromatic rings. The highest BCUT2D eigenvalue weighted by molar-refractivity contribution is 9.09. The molecule has 184 valence electrons. The van der Waals surface area contributed by atoms with Crippen LogP contribution >= 0.6 is 27.7 Å². The van der Waals surface area contributed by atoms with E-state index < -0.39 is 28.2 Å². The second-order valence-electron chi connectivity index (χ2n) is 9.93. The number of carbonyl (C=O) groups excluding carboxylic acids is 3. The molecule has 0 saturated carbocycles. The van der Waals surface area contributed by atoms with Crippen molar-refractivity contribution >= 4 is 45.5 Å². The zero-order chi connectivity index (χ0) is 24.6. The first kappa shape index (κ1) is 26.3. The standard InChI is InChI=1S/C24H35BrN2O5S/c1-6-8-13-32-22(31)16-17-20(29)26(11-9-12-28)19(24(17)14-15(25)18(16)33-24)21(30)27(10-7-2)23(3,4)5/h6-7,15-19,28H,1-2,8-14H2,3-5H3/t15?,16-,17-,18-,19?,24?/m0/s1. The molecule has 0 aromatic carbocycles. The molecule has 3 unspecified atom stereocenters. The third-order valence-corrected chi connectivity index (χ3v) is 10.0. The number of carbonyl (C=O) groups is 3. The largest absolute Gasteiger partial charge is 0.465 e. The topological polar surface area (TPSA) is 87.1 Å². The lowest BCUT2D eigenvalue weighted by Crippen LogP contribution is -2.59. The van der Waals surface area contributed by atoms with Crippen LogP contribution in [0.25, 0.3) is 0 Å². The van der Waals surface area contributed by atoms with Crippen LogP contribution in [0, 0.1) is 11.8 Å². The van der Waals surface area contributed by atoms with Crippen LogP contribution in [0.15, 0.2) is 25.3 Å². The monoisotopic (exact) mass is 542 g/mol. The number of ether oxygens (including phenoxy) is 1. The van der Waals surface area contributed by atoms with E-state index in [1.165, 1.54) is 0 Å². The summed E-state index contributed by atoms with van der Waals surface area (Å²) >= 11 is 5.33. The molecule has 2 bridgehead atoms. The molecule has 1 spiro atoms. The van der Waals surface area contributed by atoms with Gasteiger partial charge in [0.25, 0.3) is 0 Å². The van der Waals surface area contributed by atoms with Gasteiger partial charge in [-0.2, -0.15) is 0 Å². The molecule has 3 fully saturated rings. The Bertz CT molecular complexity index is 815. The second-order valence-corrected chi connectivity index (χ2v) is 12.6. The number of thioether (sulfide) groups is 1. The molecule has 3 aliphatic heterocycles. The Hall–Kier alpha value is -1.32. The third-order valence-electron chi connectivity index (χ3n) is 6.81. The molecule has 3 aliphatic rings. The molecule has 33 heavy (non-hydrogen) atoms.